The van der Waals surface area contributed by atoms with Gasteiger partial charge >= 0.3 is 0 Å². The zero-order valence-corrected chi connectivity index (χ0v) is 16.4. The predicted molar refractivity (Wildman–Crippen MR) is 105 cm³/mol. The Balaban J connectivity index is 1.38. The Bertz CT molecular complexity index is 859. The maximum atomic E-state index is 12.8. The van der Waals surface area contributed by atoms with E-state index in [2.05, 4.69) is 15.3 Å². The molecule has 0 aliphatic carbocycles. The number of nitrogens with zero attached hydrogens (tertiary/aromatic N) is 3. The van der Waals surface area contributed by atoms with Crippen LogP contribution in [0.1, 0.15) is 10.4 Å². The van der Waals surface area contributed by atoms with Gasteiger partial charge in [-0.05, 0) is 18.4 Å². The van der Waals surface area contributed by atoms with Gasteiger partial charge in [-0.15, -0.1) is 0 Å². The van der Waals surface area contributed by atoms with Crippen molar-refractivity contribution in [3.8, 4) is 0 Å². The highest BCUT2D eigenvalue weighted by molar-refractivity contribution is 7.99. The molecule has 2 fully saturated rings. The van der Waals surface area contributed by atoms with Crippen LogP contribution >= 0.6 is 11.8 Å². The third-order valence-corrected chi connectivity index (χ3v) is 5.47. The van der Waals surface area contributed by atoms with Gasteiger partial charge in [-0.1, -0.05) is 6.07 Å². The number of nitrogens with one attached hydrogen (secondary N) is 1. The number of benzene rings is 1. The normalized spacial score (nSPS) is 22.7. The van der Waals surface area contributed by atoms with Crippen LogP contribution < -0.4 is 5.32 Å². The minimum absolute atomic E-state index is 0.106. The van der Waals surface area contributed by atoms with Crippen LogP contribution in [-0.4, -0.2) is 83.2 Å². The summed E-state index contributed by atoms with van der Waals surface area (Å²) in [6.07, 6.45) is 4.77. The fraction of sp³-hybridized carbons (Fsp3) is 0.474. The van der Waals surface area contributed by atoms with Crippen LogP contribution in [0.25, 0.3) is 11.0 Å². The van der Waals surface area contributed by atoms with Gasteiger partial charge in [0, 0.05) is 25.5 Å². The molecule has 0 unspecified atom stereocenters. The van der Waals surface area contributed by atoms with E-state index in [1.807, 2.05) is 12.3 Å². The molecular formula is C19H22N4O4S. The van der Waals surface area contributed by atoms with Gasteiger partial charge in [-0.25, -0.2) is 0 Å². The molecule has 1 aromatic heterocycles. The zero-order valence-electron chi connectivity index (χ0n) is 15.5. The highest BCUT2D eigenvalue weighted by Gasteiger charge is 2.39. The standard InChI is InChI=1S/C19H22N4O4S/c1-28-11-17(24)23-7-15-16(8-23)27-10-12(9-26-15)22-19(25)13-3-2-4-14-18(13)21-6-5-20-14/h2-6,12,15-16H,7-11H2,1H3,(H,22,25)/t15-,16-/m0/s1. The second-order valence-electron chi connectivity index (χ2n) is 6.88. The smallest absolute Gasteiger partial charge is 0.253 e. The molecule has 1 N–H and O–H groups in total. The lowest BCUT2D eigenvalue weighted by Crippen LogP contribution is -2.41. The number of thioether (sulfide) groups is 1. The van der Waals surface area contributed by atoms with Crippen molar-refractivity contribution >= 4 is 34.6 Å². The van der Waals surface area contributed by atoms with Crippen molar-refractivity contribution in [1.29, 1.82) is 0 Å². The topological polar surface area (TPSA) is 93.7 Å². The Morgan fingerprint density at radius 3 is 2.61 bits per heavy atom. The van der Waals surface area contributed by atoms with Gasteiger partial charge in [0.1, 0.15) is 17.7 Å². The van der Waals surface area contributed by atoms with Crippen LogP contribution in [0.3, 0.4) is 0 Å². The molecule has 0 saturated carbocycles. The molecule has 3 heterocycles. The van der Waals surface area contributed by atoms with Crippen LogP contribution in [0, 0.1) is 0 Å². The second-order valence-corrected chi connectivity index (χ2v) is 7.74. The van der Waals surface area contributed by atoms with E-state index in [0.717, 1.165) is 0 Å². The highest BCUT2D eigenvalue weighted by atomic mass is 32.2. The third kappa shape index (κ3) is 3.96. The molecule has 0 spiro atoms. The molecule has 2 aromatic rings. The summed E-state index contributed by atoms with van der Waals surface area (Å²) in [4.78, 5) is 35.1. The summed E-state index contributed by atoms with van der Waals surface area (Å²) in [5, 5.41) is 2.97. The number of likely N-dealkylation sites (tertiary alicyclic amines) is 1. The molecular weight excluding hydrogens is 380 g/mol. The molecule has 2 amide bonds. The van der Waals surface area contributed by atoms with Crippen molar-refractivity contribution in [1.82, 2.24) is 20.2 Å². The first-order chi connectivity index (χ1) is 13.7. The molecule has 0 bridgehead atoms. The maximum absolute atomic E-state index is 12.8. The predicted octanol–water partition coefficient (Wildman–Crippen LogP) is 0.717. The fourth-order valence-electron chi connectivity index (χ4n) is 3.53. The van der Waals surface area contributed by atoms with Gasteiger partial charge in [0.25, 0.3) is 5.91 Å². The van der Waals surface area contributed by atoms with Crippen molar-refractivity contribution < 1.29 is 19.1 Å². The largest absolute Gasteiger partial charge is 0.371 e. The first-order valence-corrected chi connectivity index (χ1v) is 10.6. The quantitative estimate of drug-likeness (QED) is 0.805. The van der Waals surface area contributed by atoms with Crippen molar-refractivity contribution in [2.75, 3.05) is 38.3 Å². The zero-order chi connectivity index (χ0) is 19.5. The average Bonchev–Trinajstić information content (AvgIpc) is 3.04. The summed E-state index contributed by atoms with van der Waals surface area (Å²) >= 11 is 1.51. The monoisotopic (exact) mass is 402 g/mol. The molecule has 2 saturated heterocycles. The molecule has 148 valence electrons. The van der Waals surface area contributed by atoms with E-state index in [9.17, 15) is 9.59 Å². The first-order valence-electron chi connectivity index (χ1n) is 9.16. The molecule has 9 heteroatoms. The van der Waals surface area contributed by atoms with E-state index in [-0.39, 0.29) is 30.1 Å². The molecule has 2 atom stereocenters. The number of amides is 2. The summed E-state index contributed by atoms with van der Waals surface area (Å²) < 4.78 is 11.9. The fourth-order valence-corrected chi connectivity index (χ4v) is 3.96. The number of fused-ring (bicyclic) bond motifs is 2. The summed E-state index contributed by atoms with van der Waals surface area (Å²) in [6, 6.07) is 5.08. The summed E-state index contributed by atoms with van der Waals surface area (Å²) in [5.74, 6) is 0.341. The number of hydrogen-bond acceptors (Lipinski definition) is 7. The lowest BCUT2D eigenvalue weighted by atomic mass is 10.1. The van der Waals surface area contributed by atoms with Crippen molar-refractivity contribution in [3.63, 3.8) is 0 Å². The van der Waals surface area contributed by atoms with E-state index >= 15 is 0 Å². The molecule has 0 radical (unpaired) electrons. The van der Waals surface area contributed by atoms with Gasteiger partial charge < -0.3 is 19.7 Å². The van der Waals surface area contributed by atoms with E-state index in [4.69, 9.17) is 9.47 Å². The number of aromatic nitrogens is 2. The minimum atomic E-state index is -0.264. The molecule has 2 aliphatic heterocycles. The number of carbonyl (C=O) groups excluding carboxylic acids is 2. The van der Waals surface area contributed by atoms with Gasteiger partial charge in [0.05, 0.1) is 36.1 Å². The lowest BCUT2D eigenvalue weighted by molar-refractivity contribution is -0.128. The third-order valence-electron chi connectivity index (χ3n) is 4.94. The number of rotatable bonds is 4. The molecule has 1 aromatic carbocycles. The van der Waals surface area contributed by atoms with E-state index in [1.54, 1.807) is 29.4 Å². The van der Waals surface area contributed by atoms with Crippen molar-refractivity contribution in [3.05, 3.63) is 36.2 Å². The van der Waals surface area contributed by atoms with Crippen LogP contribution in [0.4, 0.5) is 0 Å². The Morgan fingerprint density at radius 2 is 1.89 bits per heavy atom. The first kappa shape index (κ1) is 19.1. The number of para-hydroxylation sites is 1. The van der Waals surface area contributed by atoms with Crippen molar-refractivity contribution in [2.45, 2.75) is 18.2 Å². The Morgan fingerprint density at radius 1 is 1.18 bits per heavy atom. The number of hydrogen-bond donors (Lipinski definition) is 1. The van der Waals surface area contributed by atoms with Crippen LogP contribution in [0.5, 0.6) is 0 Å². The number of carbonyl (C=O) groups is 2. The highest BCUT2D eigenvalue weighted by Crippen LogP contribution is 2.21. The van der Waals surface area contributed by atoms with E-state index in [1.165, 1.54) is 11.8 Å². The van der Waals surface area contributed by atoms with Crippen LogP contribution in [-0.2, 0) is 14.3 Å². The summed E-state index contributed by atoms with van der Waals surface area (Å²) in [6.45, 7) is 1.75. The molecule has 28 heavy (non-hydrogen) atoms. The van der Waals surface area contributed by atoms with Gasteiger partial charge in [0.15, 0.2) is 0 Å². The summed E-state index contributed by atoms with van der Waals surface area (Å²) in [5.41, 5.74) is 1.72. The van der Waals surface area contributed by atoms with E-state index in [0.29, 0.717) is 48.7 Å². The Labute approximate surface area is 167 Å². The number of ether oxygens (including phenoxy) is 2. The van der Waals surface area contributed by atoms with E-state index < -0.39 is 0 Å². The molecule has 2 aliphatic rings. The van der Waals surface area contributed by atoms with Gasteiger partial charge in [-0.2, -0.15) is 11.8 Å². The van der Waals surface area contributed by atoms with Crippen LogP contribution in [0.2, 0.25) is 0 Å². The Hall–Kier alpha value is -2.23. The summed E-state index contributed by atoms with van der Waals surface area (Å²) in [7, 11) is 0. The maximum Gasteiger partial charge on any atom is 0.253 e. The van der Waals surface area contributed by atoms with Crippen LogP contribution in [0.15, 0.2) is 30.6 Å². The Kier molecular flexibility index (Phi) is 5.74. The van der Waals surface area contributed by atoms with Crippen molar-refractivity contribution in [2.24, 2.45) is 0 Å². The average molecular weight is 402 g/mol. The van der Waals surface area contributed by atoms with Gasteiger partial charge in [0.2, 0.25) is 5.91 Å². The second kappa shape index (κ2) is 8.42. The molecule has 4 rings (SSSR count). The van der Waals surface area contributed by atoms with Gasteiger partial charge in [-0.3, -0.25) is 19.6 Å². The SMILES string of the molecule is CSCC(=O)N1C[C@@H]2OCC(NC(=O)c3cccc4nccnc34)CO[C@H]2C1. The lowest BCUT2D eigenvalue weighted by Gasteiger charge is -2.19. The molecule has 8 nitrogen and oxygen atoms in total. The minimum Gasteiger partial charge on any atom is -0.371 e.